The number of ether oxygens (including phenoxy) is 2. The summed E-state index contributed by atoms with van der Waals surface area (Å²) in [5.41, 5.74) is 2.45. The molecule has 0 amide bonds. The SMILES string of the molecule is COc1c(CNCC2(C)COC2)c(C)nn1C. The fourth-order valence-electron chi connectivity index (χ4n) is 2.18. The van der Waals surface area contributed by atoms with Gasteiger partial charge in [-0.1, -0.05) is 6.92 Å². The summed E-state index contributed by atoms with van der Waals surface area (Å²) in [6.07, 6.45) is 0. The zero-order chi connectivity index (χ0) is 12.5. The van der Waals surface area contributed by atoms with Crippen LogP contribution in [0, 0.1) is 12.3 Å². The molecule has 5 heteroatoms. The molecule has 0 aliphatic carbocycles. The molecular weight excluding hydrogens is 218 g/mol. The van der Waals surface area contributed by atoms with Crippen molar-refractivity contribution in [2.24, 2.45) is 12.5 Å². The van der Waals surface area contributed by atoms with Crippen molar-refractivity contribution < 1.29 is 9.47 Å². The molecule has 0 unspecified atom stereocenters. The van der Waals surface area contributed by atoms with Gasteiger partial charge in [0.05, 0.1) is 31.6 Å². The van der Waals surface area contributed by atoms with Crippen LogP contribution in [-0.4, -0.2) is 36.6 Å². The summed E-state index contributed by atoms with van der Waals surface area (Å²) in [5, 5.41) is 7.82. The number of aryl methyl sites for hydroxylation is 2. The van der Waals surface area contributed by atoms with E-state index in [1.807, 2.05) is 14.0 Å². The number of hydrogen-bond acceptors (Lipinski definition) is 4. The molecule has 0 bridgehead atoms. The Kier molecular flexibility index (Phi) is 3.40. The first-order valence-corrected chi connectivity index (χ1v) is 5.91. The summed E-state index contributed by atoms with van der Waals surface area (Å²) < 4.78 is 12.4. The van der Waals surface area contributed by atoms with E-state index in [0.29, 0.717) is 5.41 Å². The number of aromatic nitrogens is 2. The quantitative estimate of drug-likeness (QED) is 0.828. The van der Waals surface area contributed by atoms with Gasteiger partial charge in [0.1, 0.15) is 0 Å². The minimum absolute atomic E-state index is 0.295. The van der Waals surface area contributed by atoms with Crippen molar-refractivity contribution in [3.05, 3.63) is 11.3 Å². The molecule has 1 aliphatic heterocycles. The molecule has 96 valence electrons. The summed E-state index contributed by atoms with van der Waals surface area (Å²) in [7, 11) is 3.58. The Hall–Kier alpha value is -1.07. The highest BCUT2D eigenvalue weighted by Crippen LogP contribution is 2.26. The van der Waals surface area contributed by atoms with Gasteiger partial charge >= 0.3 is 0 Å². The van der Waals surface area contributed by atoms with Crippen LogP contribution >= 0.6 is 0 Å². The van der Waals surface area contributed by atoms with Gasteiger partial charge in [-0.05, 0) is 6.92 Å². The topological polar surface area (TPSA) is 48.3 Å². The van der Waals surface area contributed by atoms with Gasteiger partial charge in [0.2, 0.25) is 5.88 Å². The molecule has 0 aromatic carbocycles. The zero-order valence-corrected chi connectivity index (χ0v) is 11.0. The third-order valence-corrected chi connectivity index (χ3v) is 3.24. The molecule has 2 rings (SSSR count). The van der Waals surface area contributed by atoms with Crippen LogP contribution in [0.1, 0.15) is 18.2 Å². The van der Waals surface area contributed by atoms with Gasteiger partial charge in [-0.3, -0.25) is 0 Å². The molecule has 1 aliphatic rings. The lowest BCUT2D eigenvalue weighted by Crippen LogP contribution is -2.47. The maximum absolute atomic E-state index is 5.36. The Morgan fingerprint density at radius 3 is 2.76 bits per heavy atom. The average molecular weight is 239 g/mol. The van der Waals surface area contributed by atoms with Crippen LogP contribution < -0.4 is 10.1 Å². The van der Waals surface area contributed by atoms with Crippen molar-refractivity contribution in [1.82, 2.24) is 15.1 Å². The molecule has 0 atom stereocenters. The number of methoxy groups -OCH3 is 1. The molecule has 5 nitrogen and oxygen atoms in total. The predicted octanol–water partition coefficient (Wildman–Crippen LogP) is 0.863. The number of nitrogens with zero attached hydrogens (tertiary/aromatic N) is 2. The highest BCUT2D eigenvalue weighted by molar-refractivity contribution is 5.30. The van der Waals surface area contributed by atoms with Gasteiger partial charge in [-0.2, -0.15) is 5.10 Å². The molecule has 1 N–H and O–H groups in total. The summed E-state index contributed by atoms with van der Waals surface area (Å²) >= 11 is 0. The normalized spacial score (nSPS) is 17.9. The Morgan fingerprint density at radius 2 is 2.24 bits per heavy atom. The third-order valence-electron chi connectivity index (χ3n) is 3.24. The lowest BCUT2D eigenvalue weighted by atomic mass is 9.89. The van der Waals surface area contributed by atoms with Gasteiger partial charge < -0.3 is 14.8 Å². The first-order valence-electron chi connectivity index (χ1n) is 5.91. The largest absolute Gasteiger partial charge is 0.481 e. The number of nitrogens with one attached hydrogen (secondary N) is 1. The van der Waals surface area contributed by atoms with Crippen molar-refractivity contribution in [1.29, 1.82) is 0 Å². The molecule has 1 aromatic rings. The molecule has 17 heavy (non-hydrogen) atoms. The van der Waals surface area contributed by atoms with Crippen LogP contribution in [0.5, 0.6) is 5.88 Å². The molecule has 1 saturated heterocycles. The van der Waals surface area contributed by atoms with Gasteiger partial charge in [-0.25, -0.2) is 4.68 Å². The average Bonchev–Trinajstić information content (AvgIpc) is 2.51. The highest BCUT2D eigenvalue weighted by Gasteiger charge is 2.32. The van der Waals surface area contributed by atoms with Crippen LogP contribution in [0.4, 0.5) is 0 Å². The van der Waals surface area contributed by atoms with Crippen molar-refractivity contribution in [2.75, 3.05) is 26.9 Å². The maximum Gasteiger partial charge on any atom is 0.216 e. The standard InChI is InChI=1S/C12H21N3O2/c1-9-10(11(16-4)15(3)14-9)5-13-6-12(2)7-17-8-12/h13H,5-8H2,1-4H3. The smallest absolute Gasteiger partial charge is 0.216 e. The van der Waals surface area contributed by atoms with Crippen LogP contribution in [0.15, 0.2) is 0 Å². The second kappa shape index (κ2) is 4.66. The van der Waals surface area contributed by atoms with Crippen LogP contribution in [0.3, 0.4) is 0 Å². The second-order valence-electron chi connectivity index (χ2n) is 5.10. The third kappa shape index (κ3) is 2.45. The molecule has 1 fully saturated rings. The van der Waals surface area contributed by atoms with E-state index in [1.165, 1.54) is 0 Å². The fraction of sp³-hybridized carbons (Fsp3) is 0.750. The lowest BCUT2D eigenvalue weighted by Gasteiger charge is -2.38. The Morgan fingerprint density at radius 1 is 1.53 bits per heavy atom. The maximum atomic E-state index is 5.36. The Balaban J connectivity index is 1.94. The summed E-state index contributed by atoms with van der Waals surface area (Å²) in [6.45, 7) is 7.69. The van der Waals surface area contributed by atoms with E-state index in [2.05, 4.69) is 17.3 Å². The predicted molar refractivity (Wildman–Crippen MR) is 65.1 cm³/mol. The second-order valence-corrected chi connectivity index (χ2v) is 5.10. The summed E-state index contributed by atoms with van der Waals surface area (Å²) in [5.74, 6) is 0.838. The number of hydrogen-bond donors (Lipinski definition) is 1. The monoisotopic (exact) mass is 239 g/mol. The lowest BCUT2D eigenvalue weighted by molar-refractivity contribution is -0.0991. The van der Waals surface area contributed by atoms with E-state index in [4.69, 9.17) is 9.47 Å². The van der Waals surface area contributed by atoms with Crippen molar-refractivity contribution in [3.63, 3.8) is 0 Å². The minimum Gasteiger partial charge on any atom is -0.481 e. The minimum atomic E-state index is 0.295. The van der Waals surface area contributed by atoms with E-state index in [0.717, 1.165) is 43.4 Å². The fourth-order valence-corrected chi connectivity index (χ4v) is 2.18. The first-order chi connectivity index (χ1) is 8.06. The van der Waals surface area contributed by atoms with Crippen molar-refractivity contribution in [3.8, 4) is 5.88 Å². The first kappa shape index (κ1) is 12.4. The summed E-state index contributed by atoms with van der Waals surface area (Å²) in [6, 6.07) is 0. The number of rotatable bonds is 5. The summed E-state index contributed by atoms with van der Waals surface area (Å²) in [4.78, 5) is 0. The Bertz CT molecular complexity index is 397. The molecule has 2 heterocycles. The molecule has 1 aromatic heterocycles. The van der Waals surface area contributed by atoms with Crippen LogP contribution in [-0.2, 0) is 18.3 Å². The van der Waals surface area contributed by atoms with E-state index < -0.39 is 0 Å². The van der Waals surface area contributed by atoms with E-state index >= 15 is 0 Å². The van der Waals surface area contributed by atoms with Crippen LogP contribution in [0.2, 0.25) is 0 Å². The molecular formula is C12H21N3O2. The molecule has 0 spiro atoms. The highest BCUT2D eigenvalue weighted by atomic mass is 16.5. The van der Waals surface area contributed by atoms with E-state index in [-0.39, 0.29) is 0 Å². The van der Waals surface area contributed by atoms with Gasteiger partial charge in [0.25, 0.3) is 0 Å². The van der Waals surface area contributed by atoms with Crippen molar-refractivity contribution in [2.45, 2.75) is 20.4 Å². The van der Waals surface area contributed by atoms with Crippen LogP contribution in [0.25, 0.3) is 0 Å². The van der Waals surface area contributed by atoms with E-state index in [9.17, 15) is 0 Å². The Labute approximate surface area is 102 Å². The molecule has 0 radical (unpaired) electrons. The van der Waals surface area contributed by atoms with Gasteiger partial charge in [-0.15, -0.1) is 0 Å². The molecule has 0 saturated carbocycles. The zero-order valence-electron chi connectivity index (χ0n) is 11.0. The van der Waals surface area contributed by atoms with Gasteiger partial charge in [0, 0.05) is 25.6 Å². The van der Waals surface area contributed by atoms with Gasteiger partial charge in [0.15, 0.2) is 0 Å². The van der Waals surface area contributed by atoms with Crippen molar-refractivity contribution >= 4 is 0 Å². The van der Waals surface area contributed by atoms with E-state index in [1.54, 1.807) is 11.8 Å².